The van der Waals surface area contributed by atoms with Gasteiger partial charge in [-0.25, -0.2) is 0 Å². The van der Waals surface area contributed by atoms with E-state index in [1.54, 1.807) is 6.08 Å². The lowest BCUT2D eigenvalue weighted by Crippen LogP contribution is -2.57. The van der Waals surface area contributed by atoms with Crippen LogP contribution >= 0.6 is 11.8 Å². The molecule has 0 radical (unpaired) electrons. The molecule has 8 heteroatoms. The van der Waals surface area contributed by atoms with Crippen LogP contribution in [0.15, 0.2) is 41.6 Å². The van der Waals surface area contributed by atoms with Gasteiger partial charge >= 0.3 is 0 Å². The Balaban J connectivity index is 2.05. The van der Waals surface area contributed by atoms with Crippen LogP contribution in [0.4, 0.5) is 0 Å². The van der Waals surface area contributed by atoms with Crippen LogP contribution < -0.4 is 0 Å². The molecule has 0 unspecified atom stereocenters. The maximum Gasteiger partial charge on any atom is 0.138 e. The molecule has 1 aromatic carbocycles. The molecular formula is C15H19NO6S. The van der Waals surface area contributed by atoms with Crippen molar-refractivity contribution in [2.45, 2.75) is 29.9 Å². The summed E-state index contributed by atoms with van der Waals surface area (Å²) >= 11 is 0.877. The summed E-state index contributed by atoms with van der Waals surface area (Å²) in [6.45, 7) is -0.506. The fraction of sp³-hybridized carbons (Fsp3) is 0.400. The average Bonchev–Trinajstić information content (AvgIpc) is 2.59. The van der Waals surface area contributed by atoms with Crippen molar-refractivity contribution in [2.75, 3.05) is 6.61 Å². The fourth-order valence-corrected chi connectivity index (χ4v) is 3.04. The summed E-state index contributed by atoms with van der Waals surface area (Å²) in [6.07, 6.45) is -2.02. The average molecular weight is 341 g/mol. The summed E-state index contributed by atoms with van der Waals surface area (Å²) in [7, 11) is 0. The summed E-state index contributed by atoms with van der Waals surface area (Å²) in [6, 6.07) is 9.33. The monoisotopic (exact) mass is 341 g/mol. The Morgan fingerprint density at radius 2 is 1.83 bits per heavy atom. The normalized spacial score (nSPS) is 32.3. The number of benzene rings is 1. The van der Waals surface area contributed by atoms with Gasteiger partial charge in [-0.2, -0.15) is 0 Å². The zero-order valence-electron chi connectivity index (χ0n) is 12.1. The lowest BCUT2D eigenvalue weighted by atomic mass is 10.0. The fourth-order valence-electron chi connectivity index (χ4n) is 2.11. The van der Waals surface area contributed by atoms with Crippen molar-refractivity contribution in [3.63, 3.8) is 0 Å². The molecule has 0 amide bonds. The van der Waals surface area contributed by atoms with Crippen molar-refractivity contribution in [2.24, 2.45) is 5.16 Å². The van der Waals surface area contributed by atoms with E-state index in [-0.39, 0.29) is 5.04 Å². The van der Waals surface area contributed by atoms with E-state index in [0.717, 1.165) is 17.3 Å². The molecule has 0 aliphatic carbocycles. The van der Waals surface area contributed by atoms with Crippen molar-refractivity contribution in [3.8, 4) is 0 Å². The van der Waals surface area contributed by atoms with Gasteiger partial charge in [0.2, 0.25) is 0 Å². The summed E-state index contributed by atoms with van der Waals surface area (Å²) < 4.78 is 5.34. The Bertz CT molecular complexity index is 550. The SMILES string of the molecule is OC[C@H]1O[C@@H](SC(/C=C/c2ccccc2)=N\O)[C@H](O)[C@@H](O)[C@@H]1O. The topological polar surface area (TPSA) is 123 Å². The van der Waals surface area contributed by atoms with Gasteiger partial charge in [0.25, 0.3) is 0 Å². The molecule has 126 valence electrons. The zero-order valence-corrected chi connectivity index (χ0v) is 13.0. The molecule has 0 bridgehead atoms. The van der Waals surface area contributed by atoms with Gasteiger partial charge in [-0.05, 0) is 11.6 Å². The Morgan fingerprint density at radius 1 is 1.13 bits per heavy atom. The van der Waals surface area contributed by atoms with Gasteiger partial charge in [-0.1, -0.05) is 53.3 Å². The maximum absolute atomic E-state index is 9.95. The minimum absolute atomic E-state index is 0.151. The van der Waals surface area contributed by atoms with E-state index in [2.05, 4.69) is 5.16 Å². The van der Waals surface area contributed by atoms with Gasteiger partial charge in [-0.15, -0.1) is 0 Å². The minimum atomic E-state index is -1.46. The highest BCUT2D eigenvalue weighted by atomic mass is 32.2. The molecule has 23 heavy (non-hydrogen) atoms. The van der Waals surface area contributed by atoms with E-state index in [4.69, 9.17) is 15.1 Å². The van der Waals surface area contributed by atoms with Gasteiger partial charge in [-0.3, -0.25) is 0 Å². The first-order valence-corrected chi connectivity index (χ1v) is 7.87. The summed E-state index contributed by atoms with van der Waals surface area (Å²) in [5.74, 6) is 0. The van der Waals surface area contributed by atoms with Crippen LogP contribution in [0.3, 0.4) is 0 Å². The van der Waals surface area contributed by atoms with Gasteiger partial charge in [0, 0.05) is 0 Å². The Morgan fingerprint density at radius 3 is 2.43 bits per heavy atom. The quantitative estimate of drug-likeness (QED) is 0.226. The van der Waals surface area contributed by atoms with Crippen LogP contribution in [0.1, 0.15) is 5.56 Å². The maximum atomic E-state index is 9.95. The molecule has 1 fully saturated rings. The highest BCUT2D eigenvalue weighted by Gasteiger charge is 2.44. The molecule has 1 heterocycles. The number of nitrogens with zero attached hydrogens (tertiary/aromatic N) is 1. The Labute approximate surface area is 137 Å². The molecule has 1 aliphatic heterocycles. The standard InChI is InChI=1S/C15H19NO6S/c17-8-10-12(18)13(19)14(20)15(22-10)23-11(16-21)7-6-9-4-2-1-3-5-9/h1-7,10,12-15,17-21H,8H2/b7-6+,16-11-/t10-,12-,13+,14-,15+/m1/s1. The van der Waals surface area contributed by atoms with E-state index in [1.165, 1.54) is 6.08 Å². The highest BCUT2D eigenvalue weighted by Crippen LogP contribution is 2.29. The molecule has 1 saturated heterocycles. The molecule has 2 rings (SSSR count). The Hall–Kier alpha value is -1.42. The number of aliphatic hydroxyl groups is 4. The van der Waals surface area contributed by atoms with Crippen molar-refractivity contribution < 1.29 is 30.4 Å². The highest BCUT2D eigenvalue weighted by molar-refractivity contribution is 8.14. The van der Waals surface area contributed by atoms with Crippen LogP contribution in [0.2, 0.25) is 0 Å². The van der Waals surface area contributed by atoms with Crippen LogP contribution in [0.25, 0.3) is 6.08 Å². The van der Waals surface area contributed by atoms with E-state index in [0.29, 0.717) is 0 Å². The summed E-state index contributed by atoms with van der Waals surface area (Å²) in [5.41, 5.74) is -0.0973. The predicted octanol–water partition coefficient (Wildman–Crippen LogP) is 0.0206. The number of thioether (sulfide) groups is 1. The molecule has 0 spiro atoms. The van der Waals surface area contributed by atoms with Crippen LogP contribution in [0, 0.1) is 0 Å². The first-order chi connectivity index (χ1) is 11.1. The Kier molecular flexibility index (Phi) is 6.58. The number of oxime groups is 1. The number of hydrogen-bond acceptors (Lipinski definition) is 8. The van der Waals surface area contributed by atoms with Crippen LogP contribution in [-0.4, -0.2) is 67.1 Å². The second kappa shape index (κ2) is 8.44. The summed E-state index contributed by atoms with van der Waals surface area (Å²) in [5, 5.41) is 50.9. The second-order valence-electron chi connectivity index (χ2n) is 5.00. The smallest absolute Gasteiger partial charge is 0.138 e. The first kappa shape index (κ1) is 17.9. The van der Waals surface area contributed by atoms with E-state index < -0.39 is 36.5 Å². The molecule has 5 N–H and O–H groups in total. The van der Waals surface area contributed by atoms with Gasteiger partial charge in [0.05, 0.1) is 6.61 Å². The summed E-state index contributed by atoms with van der Waals surface area (Å²) in [4.78, 5) is 0. The number of rotatable bonds is 4. The van der Waals surface area contributed by atoms with E-state index >= 15 is 0 Å². The van der Waals surface area contributed by atoms with Gasteiger partial charge < -0.3 is 30.4 Å². The second-order valence-corrected chi connectivity index (χ2v) is 6.12. The van der Waals surface area contributed by atoms with Crippen molar-refractivity contribution in [1.82, 2.24) is 0 Å². The lowest BCUT2D eigenvalue weighted by Gasteiger charge is -2.39. The molecule has 1 aromatic rings. The van der Waals surface area contributed by atoms with Crippen molar-refractivity contribution in [3.05, 3.63) is 42.0 Å². The van der Waals surface area contributed by atoms with Crippen LogP contribution in [-0.2, 0) is 4.74 Å². The molecule has 5 atom stereocenters. The predicted molar refractivity (Wildman–Crippen MR) is 86.1 cm³/mol. The molecule has 0 saturated carbocycles. The first-order valence-electron chi connectivity index (χ1n) is 6.99. The number of ether oxygens (including phenoxy) is 1. The minimum Gasteiger partial charge on any atom is -0.410 e. The van der Waals surface area contributed by atoms with Gasteiger partial charge in [0.1, 0.15) is 34.9 Å². The van der Waals surface area contributed by atoms with Crippen molar-refractivity contribution >= 4 is 22.9 Å². The molecule has 1 aliphatic rings. The third kappa shape index (κ3) is 4.54. The van der Waals surface area contributed by atoms with Gasteiger partial charge in [0.15, 0.2) is 0 Å². The zero-order chi connectivity index (χ0) is 16.8. The third-order valence-electron chi connectivity index (χ3n) is 3.40. The number of aliphatic hydroxyl groups excluding tert-OH is 4. The largest absolute Gasteiger partial charge is 0.410 e. The number of hydrogen-bond donors (Lipinski definition) is 5. The lowest BCUT2D eigenvalue weighted by molar-refractivity contribution is -0.205. The molecule has 7 nitrogen and oxygen atoms in total. The third-order valence-corrected chi connectivity index (χ3v) is 4.48. The van der Waals surface area contributed by atoms with Crippen molar-refractivity contribution in [1.29, 1.82) is 0 Å². The molecular weight excluding hydrogens is 322 g/mol. The molecule has 0 aromatic heterocycles. The van der Waals surface area contributed by atoms with E-state index in [1.807, 2.05) is 30.3 Å². The van der Waals surface area contributed by atoms with E-state index in [9.17, 15) is 15.3 Å². The van der Waals surface area contributed by atoms with Crippen LogP contribution in [0.5, 0.6) is 0 Å².